The number of nitrogens with zero attached hydrogens (tertiary/aromatic N) is 2. The number of nitro groups is 1. The minimum Gasteiger partial charge on any atom is -0.376 e. The summed E-state index contributed by atoms with van der Waals surface area (Å²) in [7, 11) is 0. The van der Waals surface area contributed by atoms with Crippen molar-refractivity contribution in [2.45, 2.75) is 13.8 Å². The van der Waals surface area contributed by atoms with E-state index in [2.05, 4.69) is 15.8 Å². The number of halogens is 1. The van der Waals surface area contributed by atoms with Gasteiger partial charge in [-0.25, -0.2) is 5.43 Å². The fourth-order valence-electron chi connectivity index (χ4n) is 1.98. The van der Waals surface area contributed by atoms with Crippen molar-refractivity contribution in [1.29, 1.82) is 0 Å². The van der Waals surface area contributed by atoms with Crippen LogP contribution >= 0.6 is 11.6 Å². The second-order valence-corrected chi connectivity index (χ2v) is 5.78. The summed E-state index contributed by atoms with van der Waals surface area (Å²) in [5, 5.41) is 17.9. The summed E-state index contributed by atoms with van der Waals surface area (Å²) < 4.78 is 0. The monoisotopic (exact) mass is 360 g/mol. The van der Waals surface area contributed by atoms with Crippen molar-refractivity contribution < 1.29 is 9.72 Å². The Morgan fingerprint density at radius 3 is 2.56 bits per heavy atom. The smallest absolute Gasteiger partial charge is 0.288 e. The first-order valence-corrected chi connectivity index (χ1v) is 7.82. The van der Waals surface area contributed by atoms with E-state index in [0.717, 1.165) is 11.3 Å². The first-order valence-electron chi connectivity index (χ1n) is 7.45. The van der Waals surface area contributed by atoms with Gasteiger partial charge in [0.25, 0.3) is 11.6 Å². The van der Waals surface area contributed by atoms with Crippen LogP contribution in [0.15, 0.2) is 47.6 Å². The van der Waals surface area contributed by atoms with Gasteiger partial charge < -0.3 is 5.32 Å². The molecule has 130 valence electrons. The number of hydrazone groups is 1. The molecule has 0 aliphatic rings. The highest BCUT2D eigenvalue weighted by Crippen LogP contribution is 2.25. The van der Waals surface area contributed by atoms with Gasteiger partial charge in [0.15, 0.2) is 0 Å². The molecule has 0 aliphatic heterocycles. The van der Waals surface area contributed by atoms with Crippen molar-refractivity contribution >= 4 is 34.6 Å². The van der Waals surface area contributed by atoms with Gasteiger partial charge in [-0.05, 0) is 32.0 Å². The zero-order valence-electron chi connectivity index (χ0n) is 13.7. The van der Waals surface area contributed by atoms with E-state index in [0.29, 0.717) is 11.3 Å². The number of nitro benzene ring substituents is 1. The van der Waals surface area contributed by atoms with Gasteiger partial charge in [-0.2, -0.15) is 5.10 Å². The summed E-state index contributed by atoms with van der Waals surface area (Å²) in [4.78, 5) is 22.2. The number of benzene rings is 2. The molecule has 2 N–H and O–H groups in total. The molecule has 0 aromatic heterocycles. The minimum atomic E-state index is -0.566. The Hall–Kier alpha value is -2.93. The molecular weight excluding hydrogens is 344 g/mol. The number of hydrogen-bond acceptors (Lipinski definition) is 5. The zero-order valence-corrected chi connectivity index (χ0v) is 14.5. The zero-order chi connectivity index (χ0) is 18.4. The Kier molecular flexibility index (Phi) is 6.08. The molecule has 1 amide bonds. The summed E-state index contributed by atoms with van der Waals surface area (Å²) in [5.41, 5.74) is 5.10. The van der Waals surface area contributed by atoms with Crippen molar-refractivity contribution in [3.63, 3.8) is 0 Å². The van der Waals surface area contributed by atoms with Crippen LogP contribution in [0.4, 0.5) is 11.4 Å². The van der Waals surface area contributed by atoms with Crippen LogP contribution in [0.25, 0.3) is 0 Å². The Bertz CT molecular complexity index is 819. The van der Waals surface area contributed by atoms with E-state index >= 15 is 0 Å². The van der Waals surface area contributed by atoms with Crippen LogP contribution in [0.5, 0.6) is 0 Å². The molecule has 0 unspecified atom stereocenters. The summed E-state index contributed by atoms with van der Waals surface area (Å²) in [6.45, 7) is 3.68. The SMILES string of the molecule is C/C(=N\NC(=O)CNc1ccc(C)cc1)c1ccc(Cl)c([N+](=O)[O-])c1. The molecule has 0 radical (unpaired) electrons. The third-order valence-electron chi connectivity index (χ3n) is 3.41. The number of aryl methyl sites for hydroxylation is 1. The molecule has 0 saturated carbocycles. The lowest BCUT2D eigenvalue weighted by atomic mass is 10.1. The van der Waals surface area contributed by atoms with E-state index in [-0.39, 0.29) is 23.2 Å². The highest BCUT2D eigenvalue weighted by Gasteiger charge is 2.13. The molecule has 0 spiro atoms. The summed E-state index contributed by atoms with van der Waals surface area (Å²) in [5.74, 6) is -0.330. The van der Waals surface area contributed by atoms with Crippen molar-refractivity contribution in [3.05, 3.63) is 68.7 Å². The molecule has 0 aliphatic carbocycles. The molecular formula is C17H17ClN4O3. The van der Waals surface area contributed by atoms with Crippen LogP contribution in [0, 0.1) is 17.0 Å². The van der Waals surface area contributed by atoms with Gasteiger partial charge in [0.1, 0.15) is 5.02 Å². The molecule has 0 saturated heterocycles. The molecule has 0 atom stereocenters. The van der Waals surface area contributed by atoms with E-state index < -0.39 is 4.92 Å². The summed E-state index contributed by atoms with van der Waals surface area (Å²) in [6, 6.07) is 12.0. The van der Waals surface area contributed by atoms with E-state index in [4.69, 9.17) is 11.6 Å². The molecule has 25 heavy (non-hydrogen) atoms. The average Bonchev–Trinajstić information content (AvgIpc) is 2.59. The Morgan fingerprint density at radius 2 is 1.92 bits per heavy atom. The normalized spacial score (nSPS) is 11.1. The molecule has 0 bridgehead atoms. The maximum absolute atomic E-state index is 11.8. The summed E-state index contributed by atoms with van der Waals surface area (Å²) >= 11 is 5.77. The number of carbonyl (C=O) groups is 1. The first kappa shape index (κ1) is 18.4. The first-order chi connectivity index (χ1) is 11.9. The number of carbonyl (C=O) groups excluding carboxylic acids is 1. The Labute approximate surface area is 149 Å². The lowest BCUT2D eigenvalue weighted by Gasteiger charge is -2.06. The molecule has 2 aromatic rings. The van der Waals surface area contributed by atoms with Gasteiger partial charge in [-0.15, -0.1) is 0 Å². The van der Waals surface area contributed by atoms with Crippen LogP contribution in [-0.4, -0.2) is 23.1 Å². The third-order valence-corrected chi connectivity index (χ3v) is 3.73. The van der Waals surface area contributed by atoms with E-state index in [1.54, 1.807) is 13.0 Å². The number of nitrogens with one attached hydrogen (secondary N) is 2. The van der Waals surface area contributed by atoms with Crippen LogP contribution in [0.1, 0.15) is 18.1 Å². The molecule has 2 aromatic carbocycles. The van der Waals surface area contributed by atoms with Gasteiger partial charge in [0, 0.05) is 17.3 Å². The second-order valence-electron chi connectivity index (χ2n) is 5.38. The van der Waals surface area contributed by atoms with Gasteiger partial charge >= 0.3 is 0 Å². The Morgan fingerprint density at radius 1 is 1.24 bits per heavy atom. The van der Waals surface area contributed by atoms with E-state index in [1.807, 2.05) is 31.2 Å². The highest BCUT2D eigenvalue weighted by molar-refractivity contribution is 6.32. The lowest BCUT2D eigenvalue weighted by molar-refractivity contribution is -0.384. The molecule has 8 heteroatoms. The number of hydrogen-bond donors (Lipinski definition) is 2. The maximum Gasteiger partial charge on any atom is 0.288 e. The lowest BCUT2D eigenvalue weighted by Crippen LogP contribution is -2.26. The van der Waals surface area contributed by atoms with Crippen LogP contribution in [0.3, 0.4) is 0 Å². The third kappa shape index (κ3) is 5.29. The predicted octanol–water partition coefficient (Wildman–Crippen LogP) is 3.51. The number of anilines is 1. The standard InChI is InChI=1S/C17H17ClN4O3/c1-11-3-6-14(7-4-11)19-10-17(23)21-20-12(2)13-5-8-15(18)16(9-13)22(24)25/h3-9,19H,10H2,1-2H3,(H,21,23)/b20-12+. The van der Waals surface area contributed by atoms with Crippen molar-refractivity contribution in [3.8, 4) is 0 Å². The van der Waals surface area contributed by atoms with Crippen LogP contribution < -0.4 is 10.7 Å². The van der Waals surface area contributed by atoms with Gasteiger partial charge in [0.2, 0.25) is 0 Å². The fraction of sp³-hybridized carbons (Fsp3) is 0.176. The maximum atomic E-state index is 11.8. The van der Waals surface area contributed by atoms with Crippen LogP contribution in [-0.2, 0) is 4.79 Å². The number of rotatable bonds is 6. The van der Waals surface area contributed by atoms with Crippen molar-refractivity contribution in [2.24, 2.45) is 5.10 Å². The molecule has 0 heterocycles. The van der Waals surface area contributed by atoms with Gasteiger partial charge in [-0.3, -0.25) is 14.9 Å². The second kappa shape index (κ2) is 8.25. The number of amides is 1. The largest absolute Gasteiger partial charge is 0.376 e. The predicted molar refractivity (Wildman–Crippen MR) is 98.1 cm³/mol. The molecule has 2 rings (SSSR count). The van der Waals surface area contributed by atoms with Crippen LogP contribution in [0.2, 0.25) is 5.02 Å². The van der Waals surface area contributed by atoms with Crippen molar-refractivity contribution in [2.75, 3.05) is 11.9 Å². The van der Waals surface area contributed by atoms with Gasteiger partial charge in [0.05, 0.1) is 17.2 Å². The molecule has 0 fully saturated rings. The average molecular weight is 361 g/mol. The Balaban J connectivity index is 1.96. The quantitative estimate of drug-likeness (QED) is 0.468. The van der Waals surface area contributed by atoms with E-state index in [1.165, 1.54) is 12.1 Å². The van der Waals surface area contributed by atoms with Crippen molar-refractivity contribution in [1.82, 2.24) is 5.43 Å². The summed E-state index contributed by atoms with van der Waals surface area (Å²) in [6.07, 6.45) is 0. The molecule has 7 nitrogen and oxygen atoms in total. The topological polar surface area (TPSA) is 96.6 Å². The fourth-order valence-corrected chi connectivity index (χ4v) is 2.17. The van der Waals surface area contributed by atoms with E-state index in [9.17, 15) is 14.9 Å². The van der Waals surface area contributed by atoms with Gasteiger partial charge in [-0.1, -0.05) is 35.4 Å². The highest BCUT2D eigenvalue weighted by atomic mass is 35.5. The minimum absolute atomic E-state index is 0.0490.